The van der Waals surface area contributed by atoms with Gasteiger partial charge in [0.15, 0.2) is 0 Å². The lowest BCUT2D eigenvalue weighted by molar-refractivity contribution is 0.0964. The van der Waals surface area contributed by atoms with Gasteiger partial charge in [-0.2, -0.15) is 0 Å². The number of benzene rings is 1. The van der Waals surface area contributed by atoms with Crippen LogP contribution in [0.3, 0.4) is 0 Å². The molecule has 0 fully saturated rings. The summed E-state index contributed by atoms with van der Waals surface area (Å²) < 4.78 is 0. The molecule has 1 aromatic carbocycles. The van der Waals surface area contributed by atoms with Crippen LogP contribution in [0.1, 0.15) is 21.5 Å². The maximum Gasteiger partial charge on any atom is 0.253 e. The molecule has 0 radical (unpaired) electrons. The molecule has 0 unspecified atom stereocenters. The molecule has 0 bridgehead atoms. The number of nitrogens with two attached hydrogens (primary N) is 1. The third kappa shape index (κ3) is 2.50. The maximum absolute atomic E-state index is 11.5. The number of carbonyl (C=O) groups is 1. The molecular formula is C11H15N3O2. The Hall–Kier alpha value is -2.04. The highest BCUT2D eigenvalue weighted by Gasteiger charge is 2.10. The van der Waals surface area contributed by atoms with Gasteiger partial charge >= 0.3 is 0 Å². The van der Waals surface area contributed by atoms with Gasteiger partial charge < -0.3 is 15.9 Å². The quantitative estimate of drug-likeness (QED) is 0.452. The average molecular weight is 221 g/mol. The van der Waals surface area contributed by atoms with Crippen LogP contribution in [0.15, 0.2) is 17.3 Å². The number of nitrogens with zero attached hydrogens (tertiary/aromatic N) is 1. The summed E-state index contributed by atoms with van der Waals surface area (Å²) in [5.74, 6) is -0.215. The van der Waals surface area contributed by atoms with Crippen molar-refractivity contribution in [1.29, 1.82) is 0 Å². The lowest BCUT2D eigenvalue weighted by atomic mass is 10.0. The van der Waals surface area contributed by atoms with Crippen molar-refractivity contribution >= 4 is 17.8 Å². The zero-order chi connectivity index (χ0) is 12.1. The summed E-state index contributed by atoms with van der Waals surface area (Å²) >= 11 is 0. The minimum atomic E-state index is -0.215. The summed E-state index contributed by atoms with van der Waals surface area (Å²) in [6, 6.07) is 3.51. The molecule has 0 spiro atoms. The van der Waals surface area contributed by atoms with Gasteiger partial charge in [-0.3, -0.25) is 4.79 Å². The highest BCUT2D eigenvalue weighted by atomic mass is 16.6. The number of amides is 1. The molecule has 3 N–H and O–H groups in total. The SMILES string of the molecule is CNC(=O)c1cc(C=NOC)cc(C)c1N. The van der Waals surface area contributed by atoms with Crippen LogP contribution in [0.4, 0.5) is 5.69 Å². The van der Waals surface area contributed by atoms with Crippen LogP contribution in [-0.2, 0) is 4.84 Å². The van der Waals surface area contributed by atoms with E-state index in [2.05, 4.69) is 15.3 Å². The van der Waals surface area contributed by atoms with Crippen LogP contribution < -0.4 is 11.1 Å². The van der Waals surface area contributed by atoms with Crippen molar-refractivity contribution < 1.29 is 9.63 Å². The predicted molar refractivity (Wildman–Crippen MR) is 63.6 cm³/mol. The first-order valence-corrected chi connectivity index (χ1v) is 4.79. The molecule has 0 saturated carbocycles. The molecule has 1 amide bonds. The van der Waals surface area contributed by atoms with Crippen molar-refractivity contribution in [2.45, 2.75) is 6.92 Å². The number of rotatable bonds is 3. The van der Waals surface area contributed by atoms with Crippen LogP contribution in [0.25, 0.3) is 0 Å². The van der Waals surface area contributed by atoms with Crippen molar-refractivity contribution in [1.82, 2.24) is 5.32 Å². The molecule has 0 aliphatic rings. The second-order valence-electron chi connectivity index (χ2n) is 3.30. The zero-order valence-corrected chi connectivity index (χ0v) is 9.57. The summed E-state index contributed by atoms with van der Waals surface area (Å²) in [4.78, 5) is 16.1. The number of carbonyl (C=O) groups excluding carboxylic acids is 1. The summed E-state index contributed by atoms with van der Waals surface area (Å²) in [7, 11) is 3.02. The van der Waals surface area contributed by atoms with Gasteiger partial charge in [0.1, 0.15) is 7.11 Å². The lowest BCUT2D eigenvalue weighted by Gasteiger charge is -2.08. The van der Waals surface area contributed by atoms with Gasteiger partial charge in [0.2, 0.25) is 0 Å². The molecule has 86 valence electrons. The molecule has 0 saturated heterocycles. The largest absolute Gasteiger partial charge is 0.399 e. The van der Waals surface area contributed by atoms with E-state index in [1.165, 1.54) is 13.3 Å². The molecule has 5 nitrogen and oxygen atoms in total. The summed E-state index contributed by atoms with van der Waals surface area (Å²) in [6.45, 7) is 1.84. The van der Waals surface area contributed by atoms with Gasteiger partial charge in [-0.05, 0) is 30.2 Å². The van der Waals surface area contributed by atoms with Crippen LogP contribution in [-0.4, -0.2) is 26.3 Å². The highest BCUT2D eigenvalue weighted by Crippen LogP contribution is 2.18. The smallest absolute Gasteiger partial charge is 0.253 e. The number of anilines is 1. The molecule has 16 heavy (non-hydrogen) atoms. The van der Waals surface area contributed by atoms with Gasteiger partial charge in [0, 0.05) is 12.7 Å². The molecular weight excluding hydrogens is 206 g/mol. The number of aryl methyl sites for hydroxylation is 1. The van der Waals surface area contributed by atoms with E-state index in [1.54, 1.807) is 13.1 Å². The Kier molecular flexibility index (Phi) is 3.88. The average Bonchev–Trinajstić information content (AvgIpc) is 2.29. The summed E-state index contributed by atoms with van der Waals surface area (Å²) in [5, 5.41) is 6.18. The number of nitrogen functional groups attached to an aromatic ring is 1. The molecule has 0 aliphatic heterocycles. The minimum Gasteiger partial charge on any atom is -0.399 e. The van der Waals surface area contributed by atoms with Crippen LogP contribution in [0, 0.1) is 6.92 Å². The second kappa shape index (κ2) is 5.16. The van der Waals surface area contributed by atoms with Gasteiger partial charge in [0.05, 0.1) is 11.8 Å². The van der Waals surface area contributed by atoms with E-state index in [0.717, 1.165) is 11.1 Å². The standard InChI is InChI=1S/C11H15N3O2/c1-7-4-8(6-14-16-3)5-9(10(7)12)11(15)13-2/h4-6H,12H2,1-3H3,(H,13,15). The second-order valence-corrected chi connectivity index (χ2v) is 3.30. The Morgan fingerprint density at radius 2 is 2.25 bits per heavy atom. The van der Waals surface area contributed by atoms with Crippen molar-refractivity contribution in [2.24, 2.45) is 5.16 Å². The van der Waals surface area contributed by atoms with Crippen LogP contribution in [0.2, 0.25) is 0 Å². The Balaban J connectivity index is 3.22. The van der Waals surface area contributed by atoms with E-state index in [-0.39, 0.29) is 5.91 Å². The van der Waals surface area contributed by atoms with E-state index >= 15 is 0 Å². The first-order chi connectivity index (χ1) is 7.60. The molecule has 0 aliphatic carbocycles. The molecule has 0 atom stereocenters. The molecule has 5 heteroatoms. The van der Waals surface area contributed by atoms with Gasteiger partial charge in [-0.1, -0.05) is 5.16 Å². The maximum atomic E-state index is 11.5. The summed E-state index contributed by atoms with van der Waals surface area (Å²) in [5.41, 5.74) is 8.35. The van der Waals surface area contributed by atoms with E-state index in [0.29, 0.717) is 11.3 Å². The van der Waals surface area contributed by atoms with Crippen LogP contribution >= 0.6 is 0 Å². The fourth-order valence-electron chi connectivity index (χ4n) is 1.34. The van der Waals surface area contributed by atoms with Crippen LogP contribution in [0.5, 0.6) is 0 Å². The number of nitrogens with one attached hydrogen (secondary N) is 1. The minimum absolute atomic E-state index is 0.215. The Morgan fingerprint density at radius 1 is 1.56 bits per heavy atom. The molecule has 0 aromatic heterocycles. The third-order valence-corrected chi connectivity index (χ3v) is 2.19. The van der Waals surface area contributed by atoms with E-state index in [1.807, 2.05) is 13.0 Å². The van der Waals surface area contributed by atoms with Gasteiger partial charge in [0.25, 0.3) is 5.91 Å². The Bertz CT molecular complexity index is 427. The fourth-order valence-corrected chi connectivity index (χ4v) is 1.34. The van der Waals surface area contributed by atoms with Gasteiger partial charge in [-0.25, -0.2) is 0 Å². The van der Waals surface area contributed by atoms with E-state index < -0.39 is 0 Å². The summed E-state index contributed by atoms with van der Waals surface area (Å²) in [6.07, 6.45) is 1.53. The highest BCUT2D eigenvalue weighted by molar-refractivity contribution is 6.01. The van der Waals surface area contributed by atoms with E-state index in [4.69, 9.17) is 5.73 Å². The zero-order valence-electron chi connectivity index (χ0n) is 9.57. The monoisotopic (exact) mass is 221 g/mol. The van der Waals surface area contributed by atoms with Crippen molar-refractivity contribution in [3.63, 3.8) is 0 Å². The van der Waals surface area contributed by atoms with Crippen molar-refractivity contribution in [2.75, 3.05) is 19.9 Å². The topological polar surface area (TPSA) is 76.7 Å². The Labute approximate surface area is 94.3 Å². The third-order valence-electron chi connectivity index (χ3n) is 2.19. The van der Waals surface area contributed by atoms with Crippen molar-refractivity contribution in [3.05, 3.63) is 28.8 Å². The van der Waals surface area contributed by atoms with E-state index in [9.17, 15) is 4.79 Å². The number of oxime groups is 1. The normalized spacial score (nSPS) is 10.4. The fraction of sp³-hybridized carbons (Fsp3) is 0.273. The first kappa shape index (κ1) is 12.0. The molecule has 1 rings (SSSR count). The molecule has 1 aromatic rings. The van der Waals surface area contributed by atoms with Gasteiger partial charge in [-0.15, -0.1) is 0 Å². The Morgan fingerprint density at radius 3 is 2.81 bits per heavy atom. The molecule has 0 heterocycles. The lowest BCUT2D eigenvalue weighted by Crippen LogP contribution is -2.20. The first-order valence-electron chi connectivity index (χ1n) is 4.79. The predicted octanol–water partition coefficient (Wildman–Crippen LogP) is 0.917. The number of hydrogen-bond acceptors (Lipinski definition) is 4. The van der Waals surface area contributed by atoms with Crippen molar-refractivity contribution in [3.8, 4) is 0 Å². The number of hydrogen-bond donors (Lipinski definition) is 2.